The van der Waals surface area contributed by atoms with Crippen molar-refractivity contribution in [2.45, 2.75) is 13.0 Å². The lowest BCUT2D eigenvalue weighted by Gasteiger charge is -2.29. The Balaban J connectivity index is 1.54. The van der Waals surface area contributed by atoms with Crippen LogP contribution in [0, 0.1) is 6.92 Å². The summed E-state index contributed by atoms with van der Waals surface area (Å²) < 4.78 is 5.41. The average Bonchev–Trinajstić information content (AvgIpc) is 2.79. The largest absolute Gasteiger partial charge is 0.378 e. The molecule has 0 unspecified atom stereocenters. The number of carbonyl (C=O) groups is 1. The molecule has 0 spiro atoms. The van der Waals surface area contributed by atoms with E-state index in [1.165, 1.54) is 5.56 Å². The highest BCUT2D eigenvalue weighted by Gasteiger charge is 2.18. The predicted molar refractivity (Wildman–Crippen MR) is 116 cm³/mol. The molecule has 1 atom stereocenters. The molecule has 1 saturated heterocycles. The zero-order valence-corrected chi connectivity index (χ0v) is 16.7. The maximum atomic E-state index is 13.0. The van der Waals surface area contributed by atoms with E-state index in [-0.39, 0.29) is 11.9 Å². The number of hydrogen-bond donors (Lipinski definition) is 1. The van der Waals surface area contributed by atoms with Gasteiger partial charge in [0.1, 0.15) is 0 Å². The molecule has 29 heavy (non-hydrogen) atoms. The molecule has 4 heteroatoms. The van der Waals surface area contributed by atoms with Crippen LogP contribution in [-0.4, -0.2) is 32.2 Å². The lowest BCUT2D eigenvalue weighted by molar-refractivity contribution is 0.0943. The molecule has 1 N–H and O–H groups in total. The zero-order valence-electron chi connectivity index (χ0n) is 16.7. The summed E-state index contributed by atoms with van der Waals surface area (Å²) >= 11 is 0. The van der Waals surface area contributed by atoms with Gasteiger partial charge in [-0.1, -0.05) is 60.2 Å². The minimum Gasteiger partial charge on any atom is -0.378 e. The van der Waals surface area contributed by atoms with E-state index in [0.29, 0.717) is 5.56 Å². The first-order valence-corrected chi connectivity index (χ1v) is 10.1. The van der Waals surface area contributed by atoms with E-state index in [1.54, 1.807) is 0 Å². The van der Waals surface area contributed by atoms with Crippen LogP contribution in [0.3, 0.4) is 0 Å². The number of benzene rings is 3. The predicted octanol–water partition coefficient (Wildman–Crippen LogP) is 4.35. The highest BCUT2D eigenvalue weighted by molar-refractivity contribution is 5.95. The normalized spacial score (nSPS) is 15.0. The quantitative estimate of drug-likeness (QED) is 0.709. The van der Waals surface area contributed by atoms with Crippen LogP contribution < -0.4 is 10.2 Å². The van der Waals surface area contributed by atoms with Crippen molar-refractivity contribution < 1.29 is 9.53 Å². The molecule has 0 bridgehead atoms. The van der Waals surface area contributed by atoms with Gasteiger partial charge in [-0.05, 0) is 42.3 Å². The van der Waals surface area contributed by atoms with Crippen LogP contribution in [0.15, 0.2) is 78.9 Å². The Kier molecular flexibility index (Phi) is 5.92. The molecule has 1 aliphatic heterocycles. The summed E-state index contributed by atoms with van der Waals surface area (Å²) in [6.45, 7) is 5.33. The maximum absolute atomic E-state index is 13.0. The lowest BCUT2D eigenvalue weighted by Crippen LogP contribution is -2.36. The van der Waals surface area contributed by atoms with Crippen LogP contribution in [0.25, 0.3) is 0 Å². The Morgan fingerprint density at radius 2 is 1.48 bits per heavy atom. The second-order valence-corrected chi connectivity index (χ2v) is 7.37. The van der Waals surface area contributed by atoms with E-state index in [1.807, 2.05) is 54.6 Å². The molecule has 0 saturated carbocycles. The molecular weight excluding hydrogens is 360 g/mol. The van der Waals surface area contributed by atoms with Crippen LogP contribution in [0.4, 0.5) is 5.69 Å². The number of morpholine rings is 1. The molecule has 3 aromatic rings. The van der Waals surface area contributed by atoms with Crippen LogP contribution in [0.5, 0.6) is 0 Å². The average molecular weight is 386 g/mol. The number of ether oxygens (including phenoxy) is 1. The highest BCUT2D eigenvalue weighted by Crippen LogP contribution is 2.23. The van der Waals surface area contributed by atoms with Gasteiger partial charge >= 0.3 is 0 Å². The van der Waals surface area contributed by atoms with Crippen molar-refractivity contribution >= 4 is 11.6 Å². The second-order valence-electron chi connectivity index (χ2n) is 7.37. The molecule has 1 heterocycles. The molecule has 0 aromatic heterocycles. The van der Waals surface area contributed by atoms with Gasteiger partial charge in [0, 0.05) is 24.3 Å². The van der Waals surface area contributed by atoms with E-state index in [2.05, 4.69) is 41.4 Å². The van der Waals surface area contributed by atoms with E-state index >= 15 is 0 Å². The van der Waals surface area contributed by atoms with Crippen molar-refractivity contribution in [3.05, 3.63) is 101 Å². The number of amides is 1. The number of aryl methyl sites for hydroxylation is 1. The third-order valence-corrected chi connectivity index (χ3v) is 5.32. The summed E-state index contributed by atoms with van der Waals surface area (Å²) in [5.74, 6) is -0.0760. The third kappa shape index (κ3) is 4.66. The van der Waals surface area contributed by atoms with E-state index in [9.17, 15) is 4.79 Å². The number of hydrogen-bond acceptors (Lipinski definition) is 3. The van der Waals surface area contributed by atoms with Gasteiger partial charge < -0.3 is 15.0 Å². The Bertz CT molecular complexity index is 931. The topological polar surface area (TPSA) is 41.6 Å². The first kappa shape index (κ1) is 19.2. The molecule has 1 amide bonds. The van der Waals surface area contributed by atoms with Crippen molar-refractivity contribution in [1.82, 2.24) is 5.32 Å². The van der Waals surface area contributed by atoms with Gasteiger partial charge in [0.25, 0.3) is 5.91 Å². The summed E-state index contributed by atoms with van der Waals surface area (Å²) in [5.41, 5.74) is 5.12. The number of anilines is 1. The number of nitrogens with one attached hydrogen (secondary N) is 1. The van der Waals surface area contributed by atoms with E-state index in [0.717, 1.165) is 43.1 Å². The molecule has 3 aromatic carbocycles. The number of carbonyl (C=O) groups excluding carboxylic acids is 1. The van der Waals surface area contributed by atoms with Crippen LogP contribution >= 0.6 is 0 Å². The van der Waals surface area contributed by atoms with Gasteiger partial charge in [-0.2, -0.15) is 0 Å². The molecule has 4 rings (SSSR count). The van der Waals surface area contributed by atoms with Crippen molar-refractivity contribution in [1.29, 1.82) is 0 Å². The summed E-state index contributed by atoms with van der Waals surface area (Å²) in [4.78, 5) is 15.3. The number of nitrogens with zero attached hydrogens (tertiary/aromatic N) is 1. The fourth-order valence-corrected chi connectivity index (χ4v) is 3.62. The Labute approximate surface area is 172 Å². The molecule has 1 aliphatic rings. The zero-order chi connectivity index (χ0) is 20.1. The van der Waals surface area contributed by atoms with E-state index < -0.39 is 0 Å². The van der Waals surface area contributed by atoms with Crippen molar-refractivity contribution in [3.8, 4) is 0 Å². The Morgan fingerprint density at radius 3 is 2.14 bits per heavy atom. The van der Waals surface area contributed by atoms with Gasteiger partial charge in [-0.15, -0.1) is 0 Å². The lowest BCUT2D eigenvalue weighted by atomic mass is 9.97. The third-order valence-electron chi connectivity index (χ3n) is 5.32. The molecule has 0 radical (unpaired) electrons. The van der Waals surface area contributed by atoms with Gasteiger partial charge in [0.2, 0.25) is 0 Å². The summed E-state index contributed by atoms with van der Waals surface area (Å²) in [6.07, 6.45) is 0. The van der Waals surface area contributed by atoms with Crippen LogP contribution in [0.1, 0.15) is 33.1 Å². The SMILES string of the molecule is Cc1ccc([C@@H](NC(=O)c2ccc(N3CCOCC3)cc2)c2ccccc2)cc1. The minimum atomic E-state index is -0.191. The molecular formula is C25H26N2O2. The Morgan fingerprint density at radius 1 is 0.862 bits per heavy atom. The van der Waals surface area contributed by atoms with Gasteiger partial charge in [0.15, 0.2) is 0 Å². The van der Waals surface area contributed by atoms with Crippen LogP contribution in [0.2, 0.25) is 0 Å². The smallest absolute Gasteiger partial charge is 0.252 e. The molecule has 148 valence electrons. The minimum absolute atomic E-state index is 0.0760. The maximum Gasteiger partial charge on any atom is 0.252 e. The summed E-state index contributed by atoms with van der Waals surface area (Å²) in [5, 5.41) is 3.21. The summed E-state index contributed by atoms with van der Waals surface area (Å²) in [7, 11) is 0. The van der Waals surface area contributed by atoms with Gasteiger partial charge in [0.05, 0.1) is 19.3 Å². The van der Waals surface area contributed by atoms with Gasteiger partial charge in [-0.25, -0.2) is 0 Å². The standard InChI is InChI=1S/C25H26N2O2/c1-19-7-9-21(10-8-19)24(20-5-3-2-4-6-20)26-25(28)22-11-13-23(14-12-22)27-15-17-29-18-16-27/h2-14,24H,15-18H2,1H3,(H,26,28)/t24-/m0/s1. The fraction of sp³-hybridized carbons (Fsp3) is 0.240. The molecule has 1 fully saturated rings. The van der Waals surface area contributed by atoms with Crippen molar-refractivity contribution in [2.24, 2.45) is 0 Å². The van der Waals surface area contributed by atoms with Crippen molar-refractivity contribution in [2.75, 3.05) is 31.2 Å². The Hall–Kier alpha value is -3.11. The number of rotatable bonds is 5. The molecule has 0 aliphatic carbocycles. The summed E-state index contributed by atoms with van der Waals surface area (Å²) in [6, 6.07) is 26.0. The fourth-order valence-electron chi connectivity index (χ4n) is 3.62. The monoisotopic (exact) mass is 386 g/mol. The highest BCUT2D eigenvalue weighted by atomic mass is 16.5. The molecule has 4 nitrogen and oxygen atoms in total. The van der Waals surface area contributed by atoms with E-state index in [4.69, 9.17) is 4.74 Å². The first-order valence-electron chi connectivity index (χ1n) is 10.1. The first-order chi connectivity index (χ1) is 14.2. The van der Waals surface area contributed by atoms with Gasteiger partial charge in [-0.3, -0.25) is 4.79 Å². The van der Waals surface area contributed by atoms with Crippen LogP contribution in [-0.2, 0) is 4.74 Å². The second kappa shape index (κ2) is 8.93. The van der Waals surface area contributed by atoms with Crippen molar-refractivity contribution in [3.63, 3.8) is 0 Å².